The van der Waals surface area contributed by atoms with E-state index in [2.05, 4.69) is 20.4 Å². The quantitative estimate of drug-likeness (QED) is 0.521. The number of hydrogen-bond acceptors (Lipinski definition) is 4. The fourth-order valence-electron chi connectivity index (χ4n) is 0.745. The Bertz CT molecular complexity index is 281. The van der Waals surface area contributed by atoms with Crippen LogP contribution in [0.15, 0.2) is 24.7 Å². The minimum absolute atomic E-state index is 0.775. The Labute approximate surface area is 56.9 Å². The van der Waals surface area contributed by atoms with E-state index in [1.165, 1.54) is 0 Å². The maximum atomic E-state index is 3.83. The van der Waals surface area contributed by atoms with Gasteiger partial charge in [0.1, 0.15) is 5.52 Å². The largest absolute Gasteiger partial charge is 0.158 e. The molecule has 4 nitrogen and oxygen atoms in total. The molecule has 0 aliphatic heterocycles. The second-order valence-corrected chi connectivity index (χ2v) is 1.86. The summed E-state index contributed by atoms with van der Waals surface area (Å²) in [7, 11) is 0. The van der Waals surface area contributed by atoms with Crippen molar-refractivity contribution in [1.29, 1.82) is 0 Å². The van der Waals surface area contributed by atoms with Crippen molar-refractivity contribution < 1.29 is 0 Å². The summed E-state index contributed by atoms with van der Waals surface area (Å²) in [4.78, 5) is 0. The van der Waals surface area contributed by atoms with Crippen LogP contribution in [0.3, 0.4) is 0 Å². The average Bonchev–Trinajstić information content (AvgIpc) is 2.05. The zero-order valence-corrected chi connectivity index (χ0v) is 5.10. The first-order valence-corrected chi connectivity index (χ1v) is 2.85. The van der Waals surface area contributed by atoms with E-state index in [0.29, 0.717) is 0 Å². The first kappa shape index (κ1) is 5.22. The second-order valence-electron chi connectivity index (χ2n) is 1.86. The molecule has 0 saturated heterocycles. The van der Waals surface area contributed by atoms with Gasteiger partial charge in [-0.05, 0) is 6.07 Å². The van der Waals surface area contributed by atoms with Crippen LogP contribution in [0, 0.1) is 0 Å². The summed E-state index contributed by atoms with van der Waals surface area (Å²) < 4.78 is 0. The van der Waals surface area contributed by atoms with Crippen LogP contribution in [0.25, 0.3) is 10.9 Å². The third kappa shape index (κ3) is 0.699. The van der Waals surface area contributed by atoms with Gasteiger partial charge in [-0.15, -0.1) is 5.10 Å². The molecule has 4 heteroatoms. The maximum Gasteiger partial charge on any atom is 0.115 e. The zero-order valence-electron chi connectivity index (χ0n) is 5.10. The lowest BCUT2D eigenvalue weighted by atomic mass is 10.3. The molecule has 2 rings (SSSR count). The molecule has 0 N–H and O–H groups in total. The Morgan fingerprint density at radius 3 is 2.80 bits per heavy atom. The van der Waals surface area contributed by atoms with E-state index in [1.54, 1.807) is 18.6 Å². The molecule has 0 aliphatic rings. The zero-order chi connectivity index (χ0) is 6.81. The summed E-state index contributed by atoms with van der Waals surface area (Å²) >= 11 is 0. The minimum Gasteiger partial charge on any atom is -0.158 e. The highest BCUT2D eigenvalue weighted by atomic mass is 15.1. The van der Waals surface area contributed by atoms with E-state index < -0.39 is 0 Å². The summed E-state index contributed by atoms with van der Waals surface area (Å²) in [6.07, 6.45) is 4.87. The van der Waals surface area contributed by atoms with Crippen molar-refractivity contribution in [3.05, 3.63) is 24.7 Å². The predicted molar refractivity (Wildman–Crippen MR) is 35.1 cm³/mol. The van der Waals surface area contributed by atoms with Crippen LogP contribution in [0.2, 0.25) is 0 Å². The lowest BCUT2D eigenvalue weighted by molar-refractivity contribution is 1.01. The maximum absolute atomic E-state index is 3.83. The Hall–Kier alpha value is -1.58. The van der Waals surface area contributed by atoms with Gasteiger partial charge in [-0.25, -0.2) is 0 Å². The highest BCUT2D eigenvalue weighted by Gasteiger charge is 1.90. The summed E-state index contributed by atoms with van der Waals surface area (Å²) in [6.45, 7) is 0. The predicted octanol–water partition coefficient (Wildman–Crippen LogP) is 0.420. The second kappa shape index (κ2) is 1.98. The van der Waals surface area contributed by atoms with Crippen LogP contribution in [-0.4, -0.2) is 20.4 Å². The molecule has 0 aliphatic carbocycles. The molecule has 0 unspecified atom stereocenters. The molecule has 0 atom stereocenters. The van der Waals surface area contributed by atoms with Gasteiger partial charge in [0, 0.05) is 5.39 Å². The van der Waals surface area contributed by atoms with Gasteiger partial charge < -0.3 is 0 Å². The highest BCUT2D eigenvalue weighted by molar-refractivity contribution is 5.74. The normalized spacial score (nSPS) is 10.0. The van der Waals surface area contributed by atoms with E-state index in [4.69, 9.17) is 0 Å². The van der Waals surface area contributed by atoms with E-state index in [0.717, 1.165) is 10.9 Å². The molecule has 0 spiro atoms. The van der Waals surface area contributed by atoms with E-state index in [9.17, 15) is 0 Å². The summed E-state index contributed by atoms with van der Waals surface area (Å²) in [5.74, 6) is 0. The molecule has 2 aromatic heterocycles. The summed E-state index contributed by atoms with van der Waals surface area (Å²) in [5.41, 5.74) is 0.775. The lowest BCUT2D eigenvalue weighted by Crippen LogP contribution is -1.84. The van der Waals surface area contributed by atoms with Crippen molar-refractivity contribution in [3.63, 3.8) is 0 Å². The molecule has 10 heavy (non-hydrogen) atoms. The highest BCUT2D eigenvalue weighted by Crippen LogP contribution is 2.02. The van der Waals surface area contributed by atoms with Gasteiger partial charge in [-0.2, -0.15) is 15.3 Å². The van der Waals surface area contributed by atoms with Crippen LogP contribution < -0.4 is 0 Å². The van der Waals surface area contributed by atoms with Gasteiger partial charge in [0.2, 0.25) is 0 Å². The molecule has 0 bridgehead atoms. The smallest absolute Gasteiger partial charge is 0.115 e. The molecule has 48 valence electrons. The number of rotatable bonds is 0. The van der Waals surface area contributed by atoms with E-state index in [1.807, 2.05) is 6.07 Å². The molecule has 0 amide bonds. The van der Waals surface area contributed by atoms with Crippen LogP contribution >= 0.6 is 0 Å². The van der Waals surface area contributed by atoms with E-state index >= 15 is 0 Å². The molecule has 0 aromatic carbocycles. The van der Waals surface area contributed by atoms with Crippen LogP contribution in [0.5, 0.6) is 0 Å². The van der Waals surface area contributed by atoms with Crippen LogP contribution in [0.4, 0.5) is 0 Å². The Morgan fingerprint density at radius 1 is 1.00 bits per heavy atom. The molecular weight excluding hydrogens is 128 g/mol. The number of aromatic nitrogens is 4. The summed E-state index contributed by atoms with van der Waals surface area (Å²) in [6, 6.07) is 1.84. The van der Waals surface area contributed by atoms with Crippen LogP contribution in [0.1, 0.15) is 0 Å². The minimum atomic E-state index is 0.775. The number of hydrogen-bond donors (Lipinski definition) is 0. The first-order chi connectivity index (χ1) is 4.97. The average molecular weight is 132 g/mol. The third-order valence-corrected chi connectivity index (χ3v) is 1.23. The Balaban J connectivity index is 2.89. The number of fused-ring (bicyclic) bond motifs is 1. The molecule has 2 heterocycles. The molecular formula is C6H4N4. The monoisotopic (exact) mass is 132 g/mol. The van der Waals surface area contributed by atoms with Gasteiger partial charge >= 0.3 is 0 Å². The van der Waals surface area contributed by atoms with Crippen molar-refractivity contribution in [2.75, 3.05) is 0 Å². The fraction of sp³-hybridized carbons (Fsp3) is 0. The first-order valence-electron chi connectivity index (χ1n) is 2.85. The molecule has 0 fully saturated rings. The standard InChI is InChI=1S/C6H4N4/c1-2-7-10-6-4-9-8-3-5(1)6/h1-4H. The Kier molecular flexibility index (Phi) is 1.04. The molecule has 2 aromatic rings. The van der Waals surface area contributed by atoms with Crippen LogP contribution in [-0.2, 0) is 0 Å². The number of nitrogens with zero attached hydrogens (tertiary/aromatic N) is 4. The molecule has 0 saturated carbocycles. The van der Waals surface area contributed by atoms with Gasteiger partial charge in [-0.3, -0.25) is 0 Å². The fourth-order valence-corrected chi connectivity index (χ4v) is 0.745. The third-order valence-electron chi connectivity index (χ3n) is 1.23. The summed E-state index contributed by atoms with van der Waals surface area (Å²) in [5, 5.41) is 15.8. The van der Waals surface area contributed by atoms with Gasteiger partial charge in [0.15, 0.2) is 0 Å². The van der Waals surface area contributed by atoms with Gasteiger partial charge in [-0.1, -0.05) is 0 Å². The lowest BCUT2D eigenvalue weighted by Gasteiger charge is -1.88. The van der Waals surface area contributed by atoms with Gasteiger partial charge in [0.25, 0.3) is 0 Å². The van der Waals surface area contributed by atoms with E-state index in [-0.39, 0.29) is 0 Å². The topological polar surface area (TPSA) is 51.6 Å². The van der Waals surface area contributed by atoms with Crippen molar-refractivity contribution in [1.82, 2.24) is 20.4 Å². The van der Waals surface area contributed by atoms with Crippen molar-refractivity contribution in [2.45, 2.75) is 0 Å². The van der Waals surface area contributed by atoms with Crippen molar-refractivity contribution in [2.24, 2.45) is 0 Å². The van der Waals surface area contributed by atoms with Crippen molar-refractivity contribution >= 4 is 10.9 Å². The van der Waals surface area contributed by atoms with Gasteiger partial charge in [0.05, 0.1) is 18.6 Å². The SMILES string of the molecule is c1cc2cnncc2nn1. The van der Waals surface area contributed by atoms with Crippen molar-refractivity contribution in [3.8, 4) is 0 Å². The Morgan fingerprint density at radius 2 is 1.90 bits per heavy atom. The molecule has 0 radical (unpaired) electrons.